The second-order valence-electron chi connectivity index (χ2n) is 4.55. The van der Waals surface area contributed by atoms with Crippen LogP contribution in [0, 0.1) is 10.1 Å². The van der Waals surface area contributed by atoms with E-state index in [9.17, 15) is 14.9 Å². The third-order valence-corrected chi connectivity index (χ3v) is 3.91. The predicted octanol–water partition coefficient (Wildman–Crippen LogP) is 1.92. The number of hydrogen-bond donors (Lipinski definition) is 1. The predicted molar refractivity (Wildman–Crippen MR) is 73.9 cm³/mol. The van der Waals surface area contributed by atoms with Gasteiger partial charge in [0.1, 0.15) is 0 Å². The standard InChI is InChI=1S/C12H14BrN3O3/c13-11-2-1-9(16(18)19)7-10(11)12(17)15-5-3-8(14)4-6-15/h1-2,7-8H,3-6,14H2. The average molecular weight is 328 g/mol. The second kappa shape index (κ2) is 5.66. The molecule has 1 aliphatic heterocycles. The van der Waals surface area contributed by atoms with Crippen molar-refractivity contribution in [3.05, 3.63) is 38.3 Å². The van der Waals surface area contributed by atoms with Gasteiger partial charge in [-0.2, -0.15) is 0 Å². The summed E-state index contributed by atoms with van der Waals surface area (Å²) in [4.78, 5) is 24.3. The maximum atomic E-state index is 12.3. The highest BCUT2D eigenvalue weighted by Crippen LogP contribution is 2.24. The second-order valence-corrected chi connectivity index (χ2v) is 5.41. The van der Waals surface area contributed by atoms with E-state index >= 15 is 0 Å². The SMILES string of the molecule is NC1CCN(C(=O)c2cc([N+](=O)[O-])ccc2Br)CC1. The van der Waals surface area contributed by atoms with Crippen molar-refractivity contribution >= 4 is 27.5 Å². The van der Waals surface area contributed by atoms with Crippen LogP contribution in [0.3, 0.4) is 0 Å². The number of halogens is 1. The van der Waals surface area contributed by atoms with Gasteiger partial charge in [0, 0.05) is 35.7 Å². The first-order valence-corrected chi connectivity index (χ1v) is 6.77. The fraction of sp³-hybridized carbons (Fsp3) is 0.417. The number of nitro benzene ring substituents is 1. The van der Waals surface area contributed by atoms with Gasteiger partial charge in [0.25, 0.3) is 11.6 Å². The van der Waals surface area contributed by atoms with E-state index in [1.807, 2.05) is 0 Å². The number of likely N-dealkylation sites (tertiary alicyclic amines) is 1. The zero-order valence-corrected chi connectivity index (χ0v) is 11.8. The lowest BCUT2D eigenvalue weighted by Gasteiger charge is -2.30. The Morgan fingerprint density at radius 2 is 2.05 bits per heavy atom. The van der Waals surface area contributed by atoms with Crippen molar-refractivity contribution in [2.45, 2.75) is 18.9 Å². The molecule has 0 unspecified atom stereocenters. The Morgan fingerprint density at radius 1 is 1.42 bits per heavy atom. The first kappa shape index (κ1) is 14.0. The van der Waals surface area contributed by atoms with Crippen molar-refractivity contribution in [2.24, 2.45) is 5.73 Å². The summed E-state index contributed by atoms with van der Waals surface area (Å²) in [6.45, 7) is 1.18. The van der Waals surface area contributed by atoms with Crippen LogP contribution in [0.4, 0.5) is 5.69 Å². The highest BCUT2D eigenvalue weighted by atomic mass is 79.9. The minimum atomic E-state index is -0.505. The fourth-order valence-electron chi connectivity index (χ4n) is 2.06. The van der Waals surface area contributed by atoms with Crippen molar-refractivity contribution in [2.75, 3.05) is 13.1 Å². The number of benzene rings is 1. The van der Waals surface area contributed by atoms with Gasteiger partial charge in [-0.05, 0) is 34.8 Å². The van der Waals surface area contributed by atoms with Gasteiger partial charge >= 0.3 is 0 Å². The van der Waals surface area contributed by atoms with Gasteiger partial charge in [-0.3, -0.25) is 14.9 Å². The quantitative estimate of drug-likeness (QED) is 0.663. The minimum absolute atomic E-state index is 0.0831. The Balaban J connectivity index is 2.23. The van der Waals surface area contributed by atoms with Crippen LogP contribution in [0.15, 0.2) is 22.7 Å². The van der Waals surface area contributed by atoms with Gasteiger partial charge in [-0.15, -0.1) is 0 Å². The summed E-state index contributed by atoms with van der Waals surface area (Å²) in [6.07, 6.45) is 1.52. The van der Waals surface area contributed by atoms with E-state index in [1.54, 1.807) is 4.90 Å². The van der Waals surface area contributed by atoms with Crippen molar-refractivity contribution in [3.8, 4) is 0 Å². The molecule has 0 saturated carbocycles. The third kappa shape index (κ3) is 3.10. The van der Waals surface area contributed by atoms with E-state index in [-0.39, 0.29) is 17.6 Å². The molecule has 2 N–H and O–H groups in total. The molecule has 102 valence electrons. The number of carbonyl (C=O) groups excluding carboxylic acids is 1. The van der Waals surface area contributed by atoms with Gasteiger partial charge < -0.3 is 10.6 Å². The van der Waals surface area contributed by atoms with Gasteiger partial charge in [0.2, 0.25) is 0 Å². The topological polar surface area (TPSA) is 89.5 Å². The molecule has 0 atom stereocenters. The van der Waals surface area contributed by atoms with E-state index in [2.05, 4.69) is 15.9 Å². The number of nitrogens with two attached hydrogens (primary N) is 1. The fourth-order valence-corrected chi connectivity index (χ4v) is 2.48. The average Bonchev–Trinajstić information content (AvgIpc) is 2.39. The van der Waals surface area contributed by atoms with Gasteiger partial charge in [-0.25, -0.2) is 0 Å². The number of hydrogen-bond acceptors (Lipinski definition) is 4. The summed E-state index contributed by atoms with van der Waals surface area (Å²) >= 11 is 3.26. The molecule has 19 heavy (non-hydrogen) atoms. The molecular weight excluding hydrogens is 314 g/mol. The largest absolute Gasteiger partial charge is 0.338 e. The lowest BCUT2D eigenvalue weighted by atomic mass is 10.0. The van der Waals surface area contributed by atoms with E-state index in [4.69, 9.17) is 5.73 Å². The Morgan fingerprint density at radius 3 is 2.63 bits per heavy atom. The van der Waals surface area contributed by atoms with E-state index in [1.165, 1.54) is 18.2 Å². The number of rotatable bonds is 2. The highest BCUT2D eigenvalue weighted by molar-refractivity contribution is 9.10. The van der Waals surface area contributed by atoms with Crippen LogP contribution in [-0.2, 0) is 0 Å². The monoisotopic (exact) mass is 327 g/mol. The maximum absolute atomic E-state index is 12.3. The molecule has 1 fully saturated rings. The molecule has 7 heteroatoms. The molecule has 0 radical (unpaired) electrons. The number of nitrogens with zero attached hydrogens (tertiary/aromatic N) is 2. The van der Waals surface area contributed by atoms with Crippen molar-refractivity contribution in [3.63, 3.8) is 0 Å². The lowest BCUT2D eigenvalue weighted by Crippen LogP contribution is -2.42. The normalized spacial score (nSPS) is 16.4. The minimum Gasteiger partial charge on any atom is -0.338 e. The number of nitro groups is 1. The Kier molecular flexibility index (Phi) is 4.16. The van der Waals surface area contributed by atoms with Crippen molar-refractivity contribution in [1.29, 1.82) is 0 Å². The summed E-state index contributed by atoms with van der Waals surface area (Å²) in [7, 11) is 0. The summed E-state index contributed by atoms with van der Waals surface area (Å²) in [5.41, 5.74) is 6.03. The van der Waals surface area contributed by atoms with Crippen molar-refractivity contribution < 1.29 is 9.72 Å². The summed E-state index contributed by atoms with van der Waals surface area (Å²) in [5.74, 6) is -0.192. The first-order valence-electron chi connectivity index (χ1n) is 5.98. The molecule has 6 nitrogen and oxygen atoms in total. The highest BCUT2D eigenvalue weighted by Gasteiger charge is 2.24. The van der Waals surface area contributed by atoms with Gasteiger partial charge in [0.05, 0.1) is 10.5 Å². The summed E-state index contributed by atoms with van der Waals surface area (Å²) in [6, 6.07) is 4.34. The van der Waals surface area contributed by atoms with Crippen LogP contribution in [0.5, 0.6) is 0 Å². The molecule has 1 saturated heterocycles. The van der Waals surface area contributed by atoms with Crippen LogP contribution in [0.25, 0.3) is 0 Å². The van der Waals surface area contributed by atoms with E-state index in [0.717, 1.165) is 12.8 Å². The van der Waals surface area contributed by atoms with Crippen LogP contribution >= 0.6 is 15.9 Å². The molecule has 1 heterocycles. The first-order chi connectivity index (χ1) is 8.99. The van der Waals surface area contributed by atoms with Crippen LogP contribution in [-0.4, -0.2) is 34.9 Å². The van der Waals surface area contributed by atoms with Crippen LogP contribution in [0.1, 0.15) is 23.2 Å². The molecule has 0 bridgehead atoms. The number of amides is 1. The van der Waals surface area contributed by atoms with E-state index in [0.29, 0.717) is 23.1 Å². The number of carbonyl (C=O) groups is 1. The Bertz CT molecular complexity index is 513. The van der Waals surface area contributed by atoms with Crippen LogP contribution < -0.4 is 5.73 Å². The van der Waals surface area contributed by atoms with Crippen LogP contribution in [0.2, 0.25) is 0 Å². The smallest absolute Gasteiger partial charge is 0.270 e. The number of piperidine rings is 1. The number of non-ortho nitro benzene ring substituents is 1. The molecule has 0 spiro atoms. The molecule has 1 aliphatic rings. The molecule has 1 aromatic rings. The van der Waals surface area contributed by atoms with Gasteiger partial charge in [0.15, 0.2) is 0 Å². The molecule has 1 amide bonds. The molecule has 2 rings (SSSR count). The zero-order valence-electron chi connectivity index (χ0n) is 10.2. The third-order valence-electron chi connectivity index (χ3n) is 3.22. The Labute approximate surface area is 118 Å². The maximum Gasteiger partial charge on any atom is 0.270 e. The summed E-state index contributed by atoms with van der Waals surface area (Å²) < 4.78 is 0.568. The van der Waals surface area contributed by atoms with E-state index < -0.39 is 4.92 Å². The molecule has 1 aromatic carbocycles. The molecule has 0 aromatic heterocycles. The molecule has 0 aliphatic carbocycles. The lowest BCUT2D eigenvalue weighted by molar-refractivity contribution is -0.384. The zero-order chi connectivity index (χ0) is 14.0. The van der Waals surface area contributed by atoms with Crippen molar-refractivity contribution in [1.82, 2.24) is 4.90 Å². The molecular formula is C12H14BrN3O3. The van der Waals surface area contributed by atoms with Gasteiger partial charge in [-0.1, -0.05) is 0 Å². The summed E-state index contributed by atoms with van der Waals surface area (Å²) in [5, 5.41) is 10.8. The Hall–Kier alpha value is -1.47.